The Balaban J connectivity index is 2.08. The van der Waals surface area contributed by atoms with Crippen LogP contribution in [0.4, 0.5) is 0 Å². The summed E-state index contributed by atoms with van der Waals surface area (Å²) in [5, 5.41) is 0. The Morgan fingerprint density at radius 1 is 0.952 bits per heavy atom. The average Bonchev–Trinajstić information content (AvgIpc) is 2.40. The molecule has 0 heterocycles. The second-order valence-electron chi connectivity index (χ2n) is 4.64. The molecule has 2 rings (SSSR count). The highest BCUT2D eigenvalue weighted by Crippen LogP contribution is 2.21. The second kappa shape index (κ2) is 5.97. The minimum atomic E-state index is -3.57. The lowest BCUT2D eigenvalue weighted by Gasteiger charge is -2.07. The Labute approximate surface area is 123 Å². The van der Waals surface area contributed by atoms with Crippen molar-refractivity contribution in [1.82, 2.24) is 4.72 Å². The highest BCUT2D eigenvalue weighted by molar-refractivity contribution is 7.89. The largest absolute Gasteiger partial charge is 0.457 e. The first-order chi connectivity index (χ1) is 9.83. The van der Waals surface area contributed by atoms with Crippen molar-refractivity contribution in [3.8, 4) is 11.5 Å². The van der Waals surface area contributed by atoms with E-state index < -0.39 is 15.9 Å². The Morgan fingerprint density at radius 3 is 1.90 bits per heavy atom. The van der Waals surface area contributed by atoms with Gasteiger partial charge in [0.15, 0.2) is 0 Å². The van der Waals surface area contributed by atoms with Gasteiger partial charge in [-0.1, -0.05) is 17.7 Å². The number of amides is 1. The van der Waals surface area contributed by atoms with Crippen molar-refractivity contribution in [2.75, 3.05) is 6.26 Å². The van der Waals surface area contributed by atoms with Crippen molar-refractivity contribution in [2.45, 2.75) is 6.92 Å². The van der Waals surface area contributed by atoms with E-state index in [1.54, 1.807) is 12.1 Å². The minimum Gasteiger partial charge on any atom is -0.457 e. The predicted molar refractivity (Wildman–Crippen MR) is 80.0 cm³/mol. The number of hydrogen-bond acceptors (Lipinski definition) is 4. The zero-order valence-electron chi connectivity index (χ0n) is 11.7. The molecule has 1 amide bonds. The van der Waals surface area contributed by atoms with Crippen LogP contribution in [-0.4, -0.2) is 20.6 Å². The first-order valence-corrected chi connectivity index (χ1v) is 8.09. The molecule has 5 nitrogen and oxygen atoms in total. The molecule has 0 saturated carbocycles. The lowest BCUT2D eigenvalue weighted by molar-refractivity contribution is 0.0981. The van der Waals surface area contributed by atoms with Crippen molar-refractivity contribution in [1.29, 1.82) is 0 Å². The number of rotatable bonds is 4. The van der Waals surface area contributed by atoms with Gasteiger partial charge in [0, 0.05) is 5.56 Å². The van der Waals surface area contributed by atoms with E-state index in [2.05, 4.69) is 0 Å². The zero-order valence-corrected chi connectivity index (χ0v) is 12.5. The van der Waals surface area contributed by atoms with Gasteiger partial charge in [0.05, 0.1) is 6.26 Å². The molecule has 0 atom stereocenters. The topological polar surface area (TPSA) is 72.5 Å². The van der Waals surface area contributed by atoms with Gasteiger partial charge in [0.1, 0.15) is 11.5 Å². The van der Waals surface area contributed by atoms with E-state index in [1.807, 2.05) is 35.9 Å². The van der Waals surface area contributed by atoms with E-state index >= 15 is 0 Å². The van der Waals surface area contributed by atoms with Crippen molar-refractivity contribution >= 4 is 15.9 Å². The van der Waals surface area contributed by atoms with Gasteiger partial charge in [-0.3, -0.25) is 4.79 Å². The van der Waals surface area contributed by atoms with E-state index in [4.69, 9.17) is 4.74 Å². The van der Waals surface area contributed by atoms with Crippen molar-refractivity contribution < 1.29 is 17.9 Å². The lowest BCUT2D eigenvalue weighted by Crippen LogP contribution is -2.29. The van der Waals surface area contributed by atoms with Crippen LogP contribution in [0.5, 0.6) is 11.5 Å². The Morgan fingerprint density at radius 2 is 1.43 bits per heavy atom. The molecule has 0 unspecified atom stereocenters. The summed E-state index contributed by atoms with van der Waals surface area (Å²) in [7, 11) is -3.57. The SMILES string of the molecule is Cc1ccc(Oc2ccc(C(=O)NS(C)(=O)=O)cc2)cc1. The predicted octanol–water partition coefficient (Wildman–Crippen LogP) is 2.48. The summed E-state index contributed by atoms with van der Waals surface area (Å²) in [6.45, 7) is 1.99. The zero-order chi connectivity index (χ0) is 15.5. The first-order valence-electron chi connectivity index (χ1n) is 6.20. The van der Waals surface area contributed by atoms with Crippen LogP contribution < -0.4 is 9.46 Å². The lowest BCUT2D eigenvalue weighted by atomic mass is 10.2. The van der Waals surface area contributed by atoms with Crippen LogP contribution in [0.25, 0.3) is 0 Å². The average molecular weight is 305 g/mol. The van der Waals surface area contributed by atoms with Crippen molar-refractivity contribution in [3.63, 3.8) is 0 Å². The molecule has 110 valence electrons. The normalized spacial score (nSPS) is 11.0. The maximum atomic E-state index is 11.6. The molecule has 21 heavy (non-hydrogen) atoms. The van der Waals surface area contributed by atoms with E-state index in [-0.39, 0.29) is 5.56 Å². The van der Waals surface area contributed by atoms with E-state index in [9.17, 15) is 13.2 Å². The molecule has 2 aromatic carbocycles. The monoisotopic (exact) mass is 305 g/mol. The fraction of sp³-hybridized carbons (Fsp3) is 0.133. The van der Waals surface area contributed by atoms with Crippen LogP contribution in [0.3, 0.4) is 0 Å². The summed E-state index contributed by atoms with van der Waals surface area (Å²) >= 11 is 0. The van der Waals surface area contributed by atoms with Gasteiger partial charge in [-0.2, -0.15) is 0 Å². The van der Waals surface area contributed by atoms with Crippen LogP contribution in [0.15, 0.2) is 48.5 Å². The highest BCUT2D eigenvalue weighted by atomic mass is 32.2. The summed E-state index contributed by atoms with van der Waals surface area (Å²) in [5.41, 5.74) is 1.38. The summed E-state index contributed by atoms with van der Waals surface area (Å²) in [6, 6.07) is 13.8. The molecular weight excluding hydrogens is 290 g/mol. The molecule has 6 heteroatoms. The van der Waals surface area contributed by atoms with Gasteiger partial charge >= 0.3 is 0 Å². The van der Waals surface area contributed by atoms with Crippen molar-refractivity contribution in [3.05, 3.63) is 59.7 Å². The number of nitrogens with one attached hydrogen (secondary N) is 1. The maximum Gasteiger partial charge on any atom is 0.264 e. The molecule has 0 bridgehead atoms. The van der Waals surface area contributed by atoms with Gasteiger partial charge in [-0.05, 0) is 43.3 Å². The van der Waals surface area contributed by atoms with Gasteiger partial charge < -0.3 is 4.74 Å². The molecule has 0 spiro atoms. The quantitative estimate of drug-likeness (QED) is 0.942. The number of sulfonamides is 1. The van der Waals surface area contributed by atoms with Crippen molar-refractivity contribution in [2.24, 2.45) is 0 Å². The van der Waals surface area contributed by atoms with Gasteiger partial charge in [-0.15, -0.1) is 0 Å². The molecule has 1 N–H and O–H groups in total. The summed E-state index contributed by atoms with van der Waals surface area (Å²) in [6.07, 6.45) is 0.930. The number of hydrogen-bond donors (Lipinski definition) is 1. The molecule has 0 aliphatic rings. The van der Waals surface area contributed by atoms with Crippen LogP contribution in [-0.2, 0) is 10.0 Å². The first kappa shape index (κ1) is 15.1. The van der Waals surface area contributed by atoms with Crippen LogP contribution in [0.1, 0.15) is 15.9 Å². The van der Waals surface area contributed by atoms with Crippen LogP contribution >= 0.6 is 0 Å². The molecule has 0 aromatic heterocycles. The third-order valence-corrected chi connectivity index (χ3v) is 3.21. The maximum absolute atomic E-state index is 11.6. The number of carbonyl (C=O) groups is 1. The third-order valence-electron chi connectivity index (χ3n) is 2.65. The standard InChI is InChI=1S/C15H15NO4S/c1-11-3-7-13(8-4-11)20-14-9-5-12(6-10-14)15(17)16-21(2,18)19/h3-10H,1-2H3,(H,16,17). The Bertz CT molecular complexity index is 734. The minimum absolute atomic E-state index is 0.247. The molecule has 0 fully saturated rings. The Kier molecular flexibility index (Phi) is 4.28. The fourth-order valence-electron chi connectivity index (χ4n) is 1.64. The number of aryl methyl sites for hydroxylation is 1. The molecule has 2 aromatic rings. The molecule has 0 aliphatic heterocycles. The fourth-order valence-corrected chi connectivity index (χ4v) is 2.10. The number of ether oxygens (including phenoxy) is 1. The second-order valence-corrected chi connectivity index (χ2v) is 6.39. The van der Waals surface area contributed by atoms with Crippen LogP contribution in [0.2, 0.25) is 0 Å². The molecular formula is C15H15NO4S. The summed E-state index contributed by atoms with van der Waals surface area (Å²) in [4.78, 5) is 11.6. The molecule has 0 aliphatic carbocycles. The van der Waals surface area contributed by atoms with E-state index in [1.165, 1.54) is 12.1 Å². The van der Waals surface area contributed by atoms with Crippen LogP contribution in [0, 0.1) is 6.92 Å². The highest BCUT2D eigenvalue weighted by Gasteiger charge is 2.10. The number of carbonyl (C=O) groups excluding carboxylic acids is 1. The molecule has 0 radical (unpaired) electrons. The third kappa shape index (κ3) is 4.61. The van der Waals surface area contributed by atoms with E-state index in [0.29, 0.717) is 11.5 Å². The summed E-state index contributed by atoms with van der Waals surface area (Å²) in [5.74, 6) is 0.586. The van der Waals surface area contributed by atoms with E-state index in [0.717, 1.165) is 11.8 Å². The summed E-state index contributed by atoms with van der Waals surface area (Å²) < 4.78 is 29.5. The van der Waals surface area contributed by atoms with Gasteiger partial charge in [0.2, 0.25) is 10.0 Å². The smallest absolute Gasteiger partial charge is 0.264 e. The number of benzene rings is 2. The molecule has 0 saturated heterocycles. The van der Waals surface area contributed by atoms with Gasteiger partial charge in [-0.25, -0.2) is 13.1 Å². The van der Waals surface area contributed by atoms with Gasteiger partial charge in [0.25, 0.3) is 5.91 Å². The Hall–Kier alpha value is -2.34.